The zero-order chi connectivity index (χ0) is 10.2. The highest BCUT2D eigenvalue weighted by atomic mass is 32.2. The molecule has 0 aliphatic heterocycles. The van der Waals surface area contributed by atoms with Crippen LogP contribution in [0.4, 0.5) is 0 Å². The molecule has 1 unspecified atom stereocenters. The van der Waals surface area contributed by atoms with Gasteiger partial charge in [0.15, 0.2) is 0 Å². The molecule has 0 aliphatic carbocycles. The zero-order valence-electron chi connectivity index (χ0n) is 7.25. The van der Waals surface area contributed by atoms with Gasteiger partial charge in [-0.25, -0.2) is 4.21 Å². The molecule has 0 bridgehead atoms. The van der Waals surface area contributed by atoms with Gasteiger partial charge in [-0.05, 0) is 17.7 Å². The van der Waals surface area contributed by atoms with Crippen molar-refractivity contribution >= 4 is 10.8 Å². The standard InChI is InChI=1S/C9H7N3OS/c10-12-11-7-4-8-14(13)9-5-2-1-3-6-9/h1-3,5-6H,7H2. The van der Waals surface area contributed by atoms with Gasteiger partial charge in [0.1, 0.15) is 10.8 Å². The van der Waals surface area contributed by atoms with Crippen LogP contribution in [0, 0.1) is 11.2 Å². The Labute approximate surface area is 84.0 Å². The first-order valence-corrected chi connectivity index (χ1v) is 4.96. The van der Waals surface area contributed by atoms with Crippen LogP contribution in [0.1, 0.15) is 0 Å². The molecule has 70 valence electrons. The number of rotatable bonds is 2. The van der Waals surface area contributed by atoms with Crippen molar-refractivity contribution in [1.29, 1.82) is 0 Å². The van der Waals surface area contributed by atoms with Gasteiger partial charge in [0.25, 0.3) is 0 Å². The molecule has 1 rings (SSSR count). The first kappa shape index (κ1) is 10.3. The lowest BCUT2D eigenvalue weighted by Crippen LogP contribution is -1.85. The molecule has 1 aromatic carbocycles. The van der Waals surface area contributed by atoms with E-state index in [0.717, 1.165) is 0 Å². The van der Waals surface area contributed by atoms with Gasteiger partial charge < -0.3 is 0 Å². The van der Waals surface area contributed by atoms with E-state index in [2.05, 4.69) is 21.2 Å². The summed E-state index contributed by atoms with van der Waals surface area (Å²) in [6.45, 7) is 0.0507. The van der Waals surface area contributed by atoms with Crippen molar-refractivity contribution < 1.29 is 4.21 Å². The van der Waals surface area contributed by atoms with Gasteiger partial charge >= 0.3 is 0 Å². The van der Waals surface area contributed by atoms with E-state index >= 15 is 0 Å². The monoisotopic (exact) mass is 205 g/mol. The van der Waals surface area contributed by atoms with Crippen molar-refractivity contribution in [1.82, 2.24) is 0 Å². The van der Waals surface area contributed by atoms with Crippen LogP contribution in [0.3, 0.4) is 0 Å². The van der Waals surface area contributed by atoms with Crippen LogP contribution < -0.4 is 0 Å². The van der Waals surface area contributed by atoms with Crippen molar-refractivity contribution in [2.45, 2.75) is 4.90 Å². The molecule has 0 N–H and O–H groups in total. The number of nitrogens with zero attached hydrogens (tertiary/aromatic N) is 3. The Morgan fingerprint density at radius 1 is 1.43 bits per heavy atom. The lowest BCUT2D eigenvalue weighted by atomic mass is 10.4. The van der Waals surface area contributed by atoms with Crippen LogP contribution in [-0.2, 0) is 10.8 Å². The molecule has 0 amide bonds. The highest BCUT2D eigenvalue weighted by Gasteiger charge is 1.95. The average molecular weight is 205 g/mol. The maximum absolute atomic E-state index is 11.4. The topological polar surface area (TPSA) is 65.8 Å². The molecule has 1 aromatic rings. The molecule has 0 spiro atoms. The van der Waals surface area contributed by atoms with E-state index in [0.29, 0.717) is 4.90 Å². The highest BCUT2D eigenvalue weighted by molar-refractivity contribution is 7.89. The van der Waals surface area contributed by atoms with E-state index in [9.17, 15) is 4.21 Å². The smallest absolute Gasteiger partial charge is 0.130 e. The van der Waals surface area contributed by atoms with Crippen molar-refractivity contribution in [3.8, 4) is 11.2 Å². The van der Waals surface area contributed by atoms with E-state index in [1.54, 1.807) is 24.3 Å². The van der Waals surface area contributed by atoms with Crippen molar-refractivity contribution in [2.24, 2.45) is 5.11 Å². The van der Waals surface area contributed by atoms with E-state index < -0.39 is 10.8 Å². The lowest BCUT2D eigenvalue weighted by Gasteiger charge is -1.90. The molecule has 0 aliphatic rings. The molecule has 0 fully saturated rings. The third-order valence-electron chi connectivity index (χ3n) is 1.34. The fourth-order valence-corrected chi connectivity index (χ4v) is 1.49. The summed E-state index contributed by atoms with van der Waals surface area (Å²) in [6.07, 6.45) is 0. The quantitative estimate of drug-likeness (QED) is 0.315. The molecule has 0 heterocycles. The van der Waals surface area contributed by atoms with Gasteiger partial charge in [0.2, 0.25) is 0 Å². The minimum atomic E-state index is -1.33. The molecule has 1 atom stereocenters. The zero-order valence-corrected chi connectivity index (χ0v) is 8.07. The highest BCUT2D eigenvalue weighted by Crippen LogP contribution is 2.03. The van der Waals surface area contributed by atoms with Crippen LogP contribution in [0.2, 0.25) is 0 Å². The number of azide groups is 1. The average Bonchev–Trinajstić information content (AvgIpc) is 2.25. The summed E-state index contributed by atoms with van der Waals surface area (Å²) in [6, 6.07) is 8.90. The van der Waals surface area contributed by atoms with Gasteiger partial charge in [0, 0.05) is 10.2 Å². The van der Waals surface area contributed by atoms with Gasteiger partial charge in [-0.3, -0.25) is 0 Å². The minimum absolute atomic E-state index is 0.0507. The second kappa shape index (κ2) is 5.81. The molecule has 0 aromatic heterocycles. The van der Waals surface area contributed by atoms with Gasteiger partial charge in [-0.2, -0.15) is 0 Å². The Morgan fingerprint density at radius 2 is 2.14 bits per heavy atom. The summed E-state index contributed by atoms with van der Waals surface area (Å²) in [5.74, 6) is 2.51. The maximum Gasteiger partial charge on any atom is 0.130 e. The van der Waals surface area contributed by atoms with Crippen LogP contribution in [0.15, 0.2) is 40.3 Å². The summed E-state index contributed by atoms with van der Waals surface area (Å²) in [5.41, 5.74) is 7.96. The number of benzene rings is 1. The fraction of sp³-hybridized carbons (Fsp3) is 0.111. The second-order valence-corrected chi connectivity index (χ2v) is 3.46. The Balaban J connectivity index is 2.66. The fourth-order valence-electron chi connectivity index (χ4n) is 0.768. The third-order valence-corrected chi connectivity index (χ3v) is 2.37. The summed E-state index contributed by atoms with van der Waals surface area (Å²) in [5, 5.41) is 5.70. The first-order valence-electron chi connectivity index (χ1n) is 3.81. The second-order valence-electron chi connectivity index (χ2n) is 2.25. The molecule has 5 heteroatoms. The molecule has 0 saturated carbocycles. The van der Waals surface area contributed by atoms with Crippen molar-refractivity contribution in [2.75, 3.05) is 6.54 Å². The van der Waals surface area contributed by atoms with E-state index in [1.807, 2.05) is 6.07 Å². The molecule has 4 nitrogen and oxygen atoms in total. The summed E-state index contributed by atoms with van der Waals surface area (Å²) in [4.78, 5) is 3.18. The third kappa shape index (κ3) is 3.31. The Kier molecular flexibility index (Phi) is 4.29. The van der Waals surface area contributed by atoms with Crippen LogP contribution >= 0.6 is 0 Å². The Morgan fingerprint density at radius 3 is 2.79 bits per heavy atom. The summed E-state index contributed by atoms with van der Waals surface area (Å²) >= 11 is 0. The molecule has 0 radical (unpaired) electrons. The summed E-state index contributed by atoms with van der Waals surface area (Å²) < 4.78 is 11.4. The van der Waals surface area contributed by atoms with Crippen molar-refractivity contribution in [3.63, 3.8) is 0 Å². The molecule has 14 heavy (non-hydrogen) atoms. The predicted molar refractivity (Wildman–Crippen MR) is 54.6 cm³/mol. The van der Waals surface area contributed by atoms with E-state index in [4.69, 9.17) is 5.53 Å². The lowest BCUT2D eigenvalue weighted by molar-refractivity contribution is 0.689. The van der Waals surface area contributed by atoms with Crippen molar-refractivity contribution in [3.05, 3.63) is 40.8 Å². The molecular formula is C9H7N3OS. The first-order chi connectivity index (χ1) is 6.84. The SMILES string of the molecule is [N-]=[N+]=NCC#CS(=O)c1ccccc1. The number of hydrogen-bond donors (Lipinski definition) is 0. The van der Waals surface area contributed by atoms with Crippen LogP contribution in [0.25, 0.3) is 10.4 Å². The maximum atomic E-state index is 11.4. The van der Waals surface area contributed by atoms with Crippen LogP contribution in [0.5, 0.6) is 0 Å². The normalized spacial score (nSPS) is 10.6. The number of hydrogen-bond acceptors (Lipinski definition) is 2. The molecule has 0 saturated heterocycles. The largest absolute Gasteiger partial charge is 0.240 e. The molecular weight excluding hydrogens is 198 g/mol. The van der Waals surface area contributed by atoms with Gasteiger partial charge in [-0.15, -0.1) is 0 Å². The summed E-state index contributed by atoms with van der Waals surface area (Å²) in [7, 11) is -1.33. The Bertz CT molecular complexity index is 426. The predicted octanol–water partition coefficient (Wildman–Crippen LogP) is 2.07. The Hall–Kier alpha value is -1.76. The van der Waals surface area contributed by atoms with Crippen LogP contribution in [-0.4, -0.2) is 10.8 Å². The van der Waals surface area contributed by atoms with E-state index in [1.165, 1.54) is 0 Å². The van der Waals surface area contributed by atoms with Gasteiger partial charge in [-0.1, -0.05) is 29.2 Å². The minimum Gasteiger partial charge on any atom is -0.240 e. The van der Waals surface area contributed by atoms with E-state index in [-0.39, 0.29) is 6.54 Å². The van der Waals surface area contributed by atoms with Gasteiger partial charge in [0.05, 0.1) is 11.4 Å².